The fourth-order valence-corrected chi connectivity index (χ4v) is 5.89. The number of carbonyl (C=O) groups excluding carboxylic acids is 3. The summed E-state index contributed by atoms with van der Waals surface area (Å²) in [7, 11) is 0. The molecule has 3 amide bonds. The number of pyridine rings is 1. The number of anilines is 1. The summed E-state index contributed by atoms with van der Waals surface area (Å²) in [5.74, 6) is -1.17. The van der Waals surface area contributed by atoms with E-state index in [0.717, 1.165) is 41.1 Å². The number of aromatic nitrogens is 2. The molecule has 0 bridgehead atoms. The number of rotatable bonds is 6. The van der Waals surface area contributed by atoms with Crippen LogP contribution in [0.15, 0.2) is 30.6 Å². The second-order valence-electron chi connectivity index (χ2n) is 11.0. The summed E-state index contributed by atoms with van der Waals surface area (Å²) in [5.41, 5.74) is 6.19. The first-order chi connectivity index (χ1) is 18.1. The number of nitrogens with one attached hydrogen (secondary N) is 3. The molecule has 5 rings (SSSR count). The van der Waals surface area contributed by atoms with Gasteiger partial charge in [0.15, 0.2) is 0 Å². The first-order valence-corrected chi connectivity index (χ1v) is 13.3. The number of morpholine rings is 1. The van der Waals surface area contributed by atoms with Gasteiger partial charge in [-0.15, -0.1) is 0 Å². The number of nitrogens with zero attached hydrogens (tertiary/aromatic N) is 2. The molecule has 202 valence electrons. The molecule has 3 heterocycles. The molecule has 1 saturated heterocycles. The van der Waals surface area contributed by atoms with E-state index >= 15 is 0 Å². The summed E-state index contributed by atoms with van der Waals surface area (Å²) in [6, 6.07) is 4.69. The lowest BCUT2D eigenvalue weighted by atomic mass is 9.81. The van der Waals surface area contributed by atoms with E-state index in [4.69, 9.17) is 22.1 Å². The van der Waals surface area contributed by atoms with Crippen LogP contribution in [0.1, 0.15) is 46.0 Å². The van der Waals surface area contributed by atoms with Crippen LogP contribution in [0.3, 0.4) is 0 Å². The number of hydrogen-bond acceptors (Lipinski definition) is 6. The lowest BCUT2D eigenvalue weighted by molar-refractivity contribution is -0.148. The van der Waals surface area contributed by atoms with Crippen molar-refractivity contribution in [2.45, 2.75) is 63.1 Å². The molecule has 0 spiro atoms. The average molecular weight is 541 g/mol. The fraction of sp³-hybridized carbons (Fsp3) is 0.481. The van der Waals surface area contributed by atoms with Crippen LogP contribution in [0.5, 0.6) is 0 Å². The second kappa shape index (κ2) is 10.2. The van der Waals surface area contributed by atoms with Crippen molar-refractivity contribution in [2.75, 3.05) is 25.0 Å². The Morgan fingerprint density at radius 3 is 2.71 bits per heavy atom. The molecule has 0 unspecified atom stereocenters. The lowest BCUT2D eigenvalue weighted by Gasteiger charge is -2.43. The Morgan fingerprint density at radius 2 is 1.97 bits per heavy atom. The van der Waals surface area contributed by atoms with Crippen LogP contribution in [-0.4, -0.2) is 69.5 Å². The van der Waals surface area contributed by atoms with Crippen molar-refractivity contribution < 1.29 is 19.1 Å². The first kappa shape index (κ1) is 26.4. The normalized spacial score (nSPS) is 21.3. The number of halogens is 1. The van der Waals surface area contributed by atoms with Gasteiger partial charge in [-0.05, 0) is 44.9 Å². The van der Waals surface area contributed by atoms with E-state index in [0.29, 0.717) is 30.1 Å². The Bertz CT molecular complexity index is 1400. The molecule has 1 aliphatic heterocycles. The maximum absolute atomic E-state index is 13.6. The van der Waals surface area contributed by atoms with Gasteiger partial charge in [-0.25, -0.2) is 0 Å². The Balaban J connectivity index is 1.37. The maximum Gasteiger partial charge on any atom is 0.244 e. The number of primary amides is 1. The van der Waals surface area contributed by atoms with Gasteiger partial charge in [-0.2, -0.15) is 0 Å². The van der Waals surface area contributed by atoms with Crippen molar-refractivity contribution in [3.8, 4) is 0 Å². The number of ether oxygens (including phenoxy) is 1. The minimum Gasteiger partial charge on any atom is -0.372 e. The van der Waals surface area contributed by atoms with Crippen LogP contribution in [0.4, 0.5) is 5.69 Å². The van der Waals surface area contributed by atoms with Crippen molar-refractivity contribution in [2.24, 2.45) is 5.73 Å². The lowest BCUT2D eigenvalue weighted by Crippen LogP contribution is -2.63. The van der Waals surface area contributed by atoms with E-state index in [2.05, 4.69) is 20.6 Å². The smallest absolute Gasteiger partial charge is 0.244 e. The van der Waals surface area contributed by atoms with Crippen LogP contribution < -0.4 is 16.4 Å². The molecule has 1 aliphatic carbocycles. The van der Waals surface area contributed by atoms with Crippen LogP contribution in [0, 0.1) is 0 Å². The Hall–Kier alpha value is -3.21. The van der Waals surface area contributed by atoms with Crippen LogP contribution in [0.2, 0.25) is 5.02 Å². The number of amides is 3. The van der Waals surface area contributed by atoms with Gasteiger partial charge < -0.3 is 26.1 Å². The molecular formula is C27H33ClN6O4. The topological polar surface area (TPSA) is 142 Å². The summed E-state index contributed by atoms with van der Waals surface area (Å²) < 4.78 is 5.97. The highest BCUT2D eigenvalue weighted by atomic mass is 35.5. The summed E-state index contributed by atoms with van der Waals surface area (Å²) in [6.45, 7) is 4.22. The third-order valence-corrected chi connectivity index (χ3v) is 7.81. The molecule has 1 atom stereocenters. The van der Waals surface area contributed by atoms with Crippen molar-refractivity contribution in [1.82, 2.24) is 20.2 Å². The number of aromatic amines is 1. The van der Waals surface area contributed by atoms with Gasteiger partial charge in [0.25, 0.3) is 0 Å². The standard InChI is InChI=1S/C27H33ClN6O4/c1-26(2)15-34(13-22(35)33-27(25(29)37)7-4-3-5-8-27)21(14-38-26)24(36)32-19-11-16(28)10-18-17-6-9-30-12-20(17)31-23(18)19/h6,9-12,21,31H,3-5,7-8,13-15H2,1-2H3,(H2,29,37)(H,32,36)(H,33,35)/t21-/m0/s1. The molecule has 11 heteroatoms. The van der Waals surface area contributed by atoms with Crippen molar-refractivity contribution >= 4 is 56.8 Å². The molecule has 3 aromatic rings. The fourth-order valence-electron chi connectivity index (χ4n) is 5.67. The van der Waals surface area contributed by atoms with Crippen molar-refractivity contribution in [3.63, 3.8) is 0 Å². The predicted octanol–water partition coefficient (Wildman–Crippen LogP) is 3.09. The summed E-state index contributed by atoms with van der Waals surface area (Å²) >= 11 is 6.41. The number of carbonyl (C=O) groups is 3. The monoisotopic (exact) mass is 540 g/mol. The summed E-state index contributed by atoms with van der Waals surface area (Å²) in [5, 5.41) is 8.19. The van der Waals surface area contributed by atoms with Gasteiger partial charge >= 0.3 is 0 Å². The second-order valence-corrected chi connectivity index (χ2v) is 11.4. The zero-order valence-electron chi connectivity index (χ0n) is 21.6. The van der Waals surface area contributed by atoms with Crippen molar-refractivity contribution in [3.05, 3.63) is 35.6 Å². The molecule has 1 aromatic carbocycles. The summed E-state index contributed by atoms with van der Waals surface area (Å²) in [4.78, 5) is 48.3. The minimum atomic E-state index is -1.04. The van der Waals surface area contributed by atoms with E-state index in [1.165, 1.54) is 0 Å². The van der Waals surface area contributed by atoms with Gasteiger partial charge in [0, 0.05) is 28.5 Å². The highest BCUT2D eigenvalue weighted by molar-refractivity contribution is 6.33. The zero-order valence-corrected chi connectivity index (χ0v) is 22.4. The number of benzene rings is 1. The van der Waals surface area contributed by atoms with Crippen LogP contribution >= 0.6 is 11.6 Å². The molecule has 5 N–H and O–H groups in total. The zero-order chi connectivity index (χ0) is 27.1. The third kappa shape index (κ3) is 5.21. The van der Waals surface area contributed by atoms with Gasteiger partial charge in [-0.1, -0.05) is 30.9 Å². The highest BCUT2D eigenvalue weighted by Crippen LogP contribution is 2.34. The predicted molar refractivity (Wildman–Crippen MR) is 146 cm³/mol. The molecule has 2 aliphatic rings. The van der Waals surface area contributed by atoms with E-state index in [9.17, 15) is 14.4 Å². The van der Waals surface area contributed by atoms with E-state index in [-0.39, 0.29) is 25.0 Å². The Morgan fingerprint density at radius 1 is 1.21 bits per heavy atom. The molecule has 38 heavy (non-hydrogen) atoms. The summed E-state index contributed by atoms with van der Waals surface area (Å²) in [6.07, 6.45) is 7.14. The van der Waals surface area contributed by atoms with Gasteiger partial charge in [-0.3, -0.25) is 24.3 Å². The van der Waals surface area contributed by atoms with E-state index in [1.807, 2.05) is 26.0 Å². The first-order valence-electron chi connectivity index (χ1n) is 12.9. The van der Waals surface area contributed by atoms with Gasteiger partial charge in [0.2, 0.25) is 17.7 Å². The average Bonchev–Trinajstić information content (AvgIpc) is 3.23. The highest BCUT2D eigenvalue weighted by Gasteiger charge is 2.42. The Kier molecular flexibility index (Phi) is 7.06. The van der Waals surface area contributed by atoms with Gasteiger partial charge in [0.05, 0.1) is 41.7 Å². The molecule has 1 saturated carbocycles. The van der Waals surface area contributed by atoms with E-state index < -0.39 is 23.1 Å². The van der Waals surface area contributed by atoms with Crippen LogP contribution in [-0.2, 0) is 19.1 Å². The van der Waals surface area contributed by atoms with Crippen molar-refractivity contribution in [1.29, 1.82) is 0 Å². The molecule has 2 fully saturated rings. The molecule has 0 radical (unpaired) electrons. The van der Waals surface area contributed by atoms with Gasteiger partial charge in [0.1, 0.15) is 11.6 Å². The SMILES string of the molecule is CC1(C)CN(CC(=O)NC2(C(N)=O)CCCCC2)[C@H](C(=O)Nc2cc(Cl)cc3c2[nH]c2cnccc23)CO1. The number of nitrogens with two attached hydrogens (primary N) is 1. The maximum atomic E-state index is 13.6. The van der Waals surface area contributed by atoms with E-state index in [1.54, 1.807) is 23.4 Å². The molecule has 2 aromatic heterocycles. The number of hydrogen-bond donors (Lipinski definition) is 4. The Labute approximate surface area is 225 Å². The molecule has 10 nitrogen and oxygen atoms in total. The molecular weight excluding hydrogens is 508 g/mol. The van der Waals surface area contributed by atoms with Crippen LogP contribution in [0.25, 0.3) is 21.8 Å². The quantitative estimate of drug-likeness (QED) is 0.378. The minimum absolute atomic E-state index is 0.0665. The number of fused-ring (bicyclic) bond motifs is 3. The number of H-pyrrole nitrogens is 1. The largest absolute Gasteiger partial charge is 0.372 e. The third-order valence-electron chi connectivity index (χ3n) is 7.60.